The van der Waals surface area contributed by atoms with Crippen LogP contribution in [0.1, 0.15) is 55.8 Å². The molecule has 0 aliphatic heterocycles. The molecule has 0 unspecified atom stereocenters. The number of ether oxygens (including phenoxy) is 1. The van der Waals surface area contributed by atoms with E-state index in [2.05, 4.69) is 5.32 Å². The van der Waals surface area contributed by atoms with Crippen LogP contribution in [0.4, 0.5) is 5.69 Å². The third-order valence-electron chi connectivity index (χ3n) is 6.70. The van der Waals surface area contributed by atoms with Crippen LogP contribution in [0.25, 0.3) is 0 Å². The lowest BCUT2D eigenvalue weighted by atomic mass is 9.53. The van der Waals surface area contributed by atoms with Crippen molar-refractivity contribution in [1.82, 2.24) is 5.32 Å². The highest BCUT2D eigenvalue weighted by atomic mass is 16.5. The Hall–Kier alpha value is -2.04. The van der Waals surface area contributed by atoms with E-state index in [1.807, 2.05) is 31.1 Å². The largest absolute Gasteiger partial charge is 0.449 e. The minimum Gasteiger partial charge on any atom is -0.449 e. The van der Waals surface area contributed by atoms with Gasteiger partial charge in [0.1, 0.15) is 0 Å². The van der Waals surface area contributed by atoms with E-state index in [1.165, 1.54) is 19.3 Å². The van der Waals surface area contributed by atoms with Crippen LogP contribution in [-0.4, -0.2) is 37.6 Å². The normalized spacial score (nSPS) is 32.0. The molecule has 4 saturated carbocycles. The van der Waals surface area contributed by atoms with Gasteiger partial charge in [0.05, 0.1) is 5.56 Å². The van der Waals surface area contributed by atoms with Gasteiger partial charge in [-0.15, -0.1) is 0 Å². The average molecular weight is 370 g/mol. The summed E-state index contributed by atoms with van der Waals surface area (Å²) in [5, 5.41) is 3.28. The highest BCUT2D eigenvalue weighted by Gasteiger charge is 2.51. The summed E-state index contributed by atoms with van der Waals surface area (Å²) in [6, 6.07) is 7.22. The van der Waals surface area contributed by atoms with Gasteiger partial charge in [0, 0.05) is 25.3 Å². The second kappa shape index (κ2) is 6.84. The van der Waals surface area contributed by atoms with Gasteiger partial charge in [0.15, 0.2) is 6.10 Å². The standard InChI is InChI=1S/C22H30N2O3/c1-14(27-21(26)18-4-6-19(7-5-18)24(2)3)20(25)23-22-11-15-8-16(12-22)10-17(9-15)13-22/h4-7,14-17H,8-13H2,1-3H3,(H,23,25)/t14-,15?,16?,17?,22?/m0/s1. The van der Waals surface area contributed by atoms with Crippen LogP contribution in [0, 0.1) is 17.8 Å². The molecular weight excluding hydrogens is 340 g/mol. The van der Waals surface area contributed by atoms with Crippen LogP contribution in [0.2, 0.25) is 0 Å². The molecule has 4 aliphatic carbocycles. The van der Waals surface area contributed by atoms with Crippen LogP contribution >= 0.6 is 0 Å². The van der Waals surface area contributed by atoms with E-state index in [0.717, 1.165) is 42.7 Å². The summed E-state index contributed by atoms with van der Waals surface area (Å²) >= 11 is 0. The number of hydrogen-bond donors (Lipinski definition) is 1. The number of nitrogens with one attached hydrogen (secondary N) is 1. The number of esters is 1. The van der Waals surface area contributed by atoms with E-state index in [1.54, 1.807) is 19.1 Å². The Labute approximate surface area is 161 Å². The molecule has 0 radical (unpaired) electrons. The Kier molecular flexibility index (Phi) is 4.65. The van der Waals surface area contributed by atoms with Crippen LogP contribution in [0.15, 0.2) is 24.3 Å². The van der Waals surface area contributed by atoms with Crippen molar-refractivity contribution in [3.05, 3.63) is 29.8 Å². The van der Waals surface area contributed by atoms with E-state index in [0.29, 0.717) is 5.56 Å². The number of hydrogen-bond acceptors (Lipinski definition) is 4. The molecule has 5 rings (SSSR count). The van der Waals surface area contributed by atoms with Gasteiger partial charge in [-0.25, -0.2) is 4.79 Å². The van der Waals surface area contributed by atoms with Crippen molar-refractivity contribution in [2.75, 3.05) is 19.0 Å². The summed E-state index contributed by atoms with van der Waals surface area (Å²) in [7, 11) is 3.90. The van der Waals surface area contributed by atoms with Gasteiger partial charge in [0.25, 0.3) is 5.91 Å². The van der Waals surface area contributed by atoms with Gasteiger partial charge < -0.3 is 15.0 Å². The Morgan fingerprint density at radius 2 is 1.56 bits per heavy atom. The van der Waals surface area contributed by atoms with Crippen LogP contribution < -0.4 is 10.2 Å². The van der Waals surface area contributed by atoms with E-state index in [4.69, 9.17) is 4.74 Å². The first-order chi connectivity index (χ1) is 12.8. The van der Waals surface area contributed by atoms with E-state index >= 15 is 0 Å². The number of carbonyl (C=O) groups is 2. The minimum atomic E-state index is -0.779. The number of amides is 1. The van der Waals surface area contributed by atoms with Crippen molar-refractivity contribution in [2.24, 2.45) is 17.8 Å². The maximum atomic E-state index is 12.7. The molecule has 1 atom stereocenters. The van der Waals surface area contributed by atoms with Gasteiger partial charge in [-0.2, -0.15) is 0 Å². The third kappa shape index (κ3) is 3.69. The highest BCUT2D eigenvalue weighted by Crippen LogP contribution is 2.55. The van der Waals surface area contributed by atoms with E-state index < -0.39 is 12.1 Å². The number of rotatable bonds is 5. The molecule has 0 spiro atoms. The average Bonchev–Trinajstić information content (AvgIpc) is 2.60. The van der Waals surface area contributed by atoms with Crippen molar-refractivity contribution in [2.45, 2.75) is 57.1 Å². The molecule has 4 aliphatic rings. The zero-order valence-electron chi connectivity index (χ0n) is 16.5. The predicted octanol–water partition coefficient (Wildman–Crippen LogP) is 3.38. The maximum absolute atomic E-state index is 12.7. The van der Waals surface area contributed by atoms with Crippen molar-refractivity contribution >= 4 is 17.6 Å². The summed E-state index contributed by atoms with van der Waals surface area (Å²) < 4.78 is 5.45. The Bertz CT molecular complexity index is 690. The SMILES string of the molecule is C[C@H](OC(=O)c1ccc(N(C)C)cc1)C(=O)NC12CC3CC(CC(C3)C1)C2. The fourth-order valence-electron chi connectivity index (χ4n) is 5.80. The first-order valence-corrected chi connectivity index (χ1v) is 10.1. The molecule has 5 nitrogen and oxygen atoms in total. The van der Waals surface area contributed by atoms with E-state index in [9.17, 15) is 9.59 Å². The molecule has 27 heavy (non-hydrogen) atoms. The van der Waals surface area contributed by atoms with Gasteiger partial charge >= 0.3 is 5.97 Å². The van der Waals surface area contributed by atoms with Crippen molar-refractivity contribution < 1.29 is 14.3 Å². The van der Waals surface area contributed by atoms with Crippen LogP contribution in [0.3, 0.4) is 0 Å². The molecule has 1 aromatic carbocycles. The second-order valence-corrected chi connectivity index (χ2v) is 9.18. The fraction of sp³-hybridized carbons (Fsp3) is 0.636. The van der Waals surface area contributed by atoms with Crippen molar-refractivity contribution in [3.8, 4) is 0 Å². The summed E-state index contributed by atoms with van der Waals surface area (Å²) in [6.07, 6.45) is 6.51. The second-order valence-electron chi connectivity index (χ2n) is 9.18. The van der Waals surface area contributed by atoms with Crippen LogP contribution in [0.5, 0.6) is 0 Å². The summed E-state index contributed by atoms with van der Waals surface area (Å²) in [6.45, 7) is 1.67. The molecule has 1 aromatic rings. The van der Waals surface area contributed by atoms with Crippen molar-refractivity contribution in [3.63, 3.8) is 0 Å². The zero-order chi connectivity index (χ0) is 19.2. The molecule has 0 aromatic heterocycles. The summed E-state index contributed by atoms with van der Waals surface area (Å²) in [5.74, 6) is 1.70. The molecule has 0 saturated heterocycles. The number of benzene rings is 1. The fourth-order valence-corrected chi connectivity index (χ4v) is 5.80. The summed E-state index contributed by atoms with van der Waals surface area (Å²) in [5.41, 5.74) is 1.43. The molecule has 4 bridgehead atoms. The lowest BCUT2D eigenvalue weighted by Gasteiger charge is -2.57. The molecule has 4 fully saturated rings. The van der Waals surface area contributed by atoms with Gasteiger partial charge in [-0.3, -0.25) is 4.79 Å². The molecule has 1 N–H and O–H groups in total. The van der Waals surface area contributed by atoms with E-state index in [-0.39, 0.29) is 11.4 Å². The topological polar surface area (TPSA) is 58.6 Å². The number of nitrogens with zero attached hydrogens (tertiary/aromatic N) is 1. The molecule has 5 heteroatoms. The molecule has 146 valence electrons. The zero-order valence-corrected chi connectivity index (χ0v) is 16.5. The first kappa shape index (κ1) is 18.3. The Morgan fingerprint density at radius 1 is 1.04 bits per heavy atom. The minimum absolute atomic E-state index is 0.0557. The maximum Gasteiger partial charge on any atom is 0.338 e. The number of carbonyl (C=O) groups excluding carboxylic acids is 2. The predicted molar refractivity (Wildman–Crippen MR) is 105 cm³/mol. The lowest BCUT2D eigenvalue weighted by Crippen LogP contribution is -2.61. The number of anilines is 1. The molecule has 0 heterocycles. The quantitative estimate of drug-likeness (QED) is 0.807. The lowest BCUT2D eigenvalue weighted by molar-refractivity contribution is -0.134. The highest BCUT2D eigenvalue weighted by molar-refractivity contribution is 5.92. The monoisotopic (exact) mass is 370 g/mol. The van der Waals surface area contributed by atoms with Gasteiger partial charge in [-0.05, 0) is 87.5 Å². The molecule has 1 amide bonds. The molecular formula is C22H30N2O3. The van der Waals surface area contributed by atoms with Gasteiger partial charge in [0.2, 0.25) is 0 Å². The Balaban J connectivity index is 1.36. The smallest absolute Gasteiger partial charge is 0.338 e. The summed E-state index contributed by atoms with van der Waals surface area (Å²) in [4.78, 5) is 27.1. The van der Waals surface area contributed by atoms with Crippen LogP contribution in [-0.2, 0) is 9.53 Å². The third-order valence-corrected chi connectivity index (χ3v) is 6.70. The van der Waals surface area contributed by atoms with Crippen molar-refractivity contribution in [1.29, 1.82) is 0 Å². The van der Waals surface area contributed by atoms with Gasteiger partial charge in [-0.1, -0.05) is 0 Å². The Morgan fingerprint density at radius 3 is 2.04 bits per heavy atom. The first-order valence-electron chi connectivity index (χ1n) is 10.1.